The fourth-order valence-electron chi connectivity index (χ4n) is 6.07. The molecule has 1 N–H and O–H groups in total. The van der Waals surface area contributed by atoms with Gasteiger partial charge in [0.25, 0.3) is 0 Å². The molecule has 5 nitrogen and oxygen atoms in total. The molecule has 3 heterocycles. The lowest BCUT2D eigenvalue weighted by Gasteiger charge is -2.38. The second-order valence-electron chi connectivity index (χ2n) is 9.06. The number of nitrogens with one attached hydrogen (secondary N) is 1. The number of carbonyl (C=O) groups excluding carboxylic acids is 2. The van der Waals surface area contributed by atoms with E-state index in [-0.39, 0.29) is 11.9 Å². The molecule has 2 atom stereocenters. The van der Waals surface area contributed by atoms with E-state index in [2.05, 4.69) is 10.2 Å². The van der Waals surface area contributed by atoms with E-state index in [1.165, 1.54) is 32.1 Å². The molecule has 0 radical (unpaired) electrons. The van der Waals surface area contributed by atoms with Gasteiger partial charge >= 0.3 is 6.03 Å². The molecule has 3 aliphatic heterocycles. The summed E-state index contributed by atoms with van der Waals surface area (Å²) in [7, 11) is 0. The molecule has 2 unspecified atom stereocenters. The Morgan fingerprint density at radius 2 is 1.85 bits per heavy atom. The predicted molar refractivity (Wildman–Crippen MR) is 104 cm³/mol. The Labute approximate surface area is 161 Å². The van der Waals surface area contributed by atoms with Crippen molar-refractivity contribution in [3.63, 3.8) is 0 Å². The highest BCUT2D eigenvalue weighted by Crippen LogP contribution is 2.47. The molecule has 6 rings (SSSR count). The minimum atomic E-state index is 0.0934. The third-order valence-corrected chi connectivity index (χ3v) is 7.11. The highest BCUT2D eigenvalue weighted by Gasteiger charge is 2.44. The fourth-order valence-corrected chi connectivity index (χ4v) is 6.07. The van der Waals surface area contributed by atoms with Gasteiger partial charge in [0.1, 0.15) is 0 Å². The van der Waals surface area contributed by atoms with E-state index in [9.17, 15) is 9.59 Å². The first-order valence-corrected chi connectivity index (χ1v) is 10.6. The number of hydrogen-bond acceptors (Lipinski definition) is 2. The van der Waals surface area contributed by atoms with Gasteiger partial charge < -0.3 is 15.1 Å². The molecule has 2 aliphatic carbocycles. The van der Waals surface area contributed by atoms with Gasteiger partial charge in [-0.2, -0.15) is 0 Å². The van der Waals surface area contributed by atoms with Gasteiger partial charge in [0.15, 0.2) is 0 Å². The van der Waals surface area contributed by atoms with E-state index in [4.69, 9.17) is 0 Å². The number of anilines is 1. The maximum Gasteiger partial charge on any atom is 0.317 e. The molecule has 0 spiro atoms. The molecule has 1 aromatic carbocycles. The Morgan fingerprint density at radius 1 is 1.07 bits per heavy atom. The summed E-state index contributed by atoms with van der Waals surface area (Å²) in [5.41, 5.74) is 2.01. The van der Waals surface area contributed by atoms with E-state index in [1.807, 2.05) is 29.2 Å². The Hall–Kier alpha value is -2.04. The van der Waals surface area contributed by atoms with Crippen molar-refractivity contribution in [2.24, 2.45) is 17.8 Å². The Balaban J connectivity index is 1.24. The van der Waals surface area contributed by atoms with Crippen molar-refractivity contribution >= 4 is 17.6 Å². The molecule has 4 bridgehead atoms. The summed E-state index contributed by atoms with van der Waals surface area (Å²) in [5, 5.41) is 3.15. The molecule has 5 fully saturated rings. The van der Waals surface area contributed by atoms with Crippen LogP contribution in [0.5, 0.6) is 0 Å². The molecule has 0 aromatic heterocycles. The molecule has 2 saturated carbocycles. The monoisotopic (exact) mass is 367 g/mol. The summed E-state index contributed by atoms with van der Waals surface area (Å²) >= 11 is 0. The fraction of sp³-hybridized carbons (Fsp3) is 0.636. The van der Waals surface area contributed by atoms with Crippen LogP contribution in [0.25, 0.3) is 0 Å². The number of urea groups is 1. The Bertz CT molecular complexity index is 735. The minimum absolute atomic E-state index is 0.0934. The number of benzene rings is 1. The number of hydrogen-bond donors (Lipinski definition) is 1. The van der Waals surface area contributed by atoms with Gasteiger partial charge in [-0.05, 0) is 74.0 Å². The van der Waals surface area contributed by atoms with E-state index < -0.39 is 0 Å². The summed E-state index contributed by atoms with van der Waals surface area (Å²) < 4.78 is 0. The van der Waals surface area contributed by atoms with E-state index in [1.54, 1.807) is 0 Å². The van der Waals surface area contributed by atoms with E-state index >= 15 is 0 Å². The van der Waals surface area contributed by atoms with Gasteiger partial charge in [-0.15, -0.1) is 0 Å². The van der Waals surface area contributed by atoms with Crippen LogP contribution in [0.1, 0.15) is 50.5 Å². The first-order valence-electron chi connectivity index (χ1n) is 10.6. The second kappa shape index (κ2) is 6.84. The zero-order chi connectivity index (χ0) is 18.4. The van der Waals surface area contributed by atoms with Gasteiger partial charge in [0.2, 0.25) is 5.91 Å². The summed E-state index contributed by atoms with van der Waals surface area (Å²) in [4.78, 5) is 28.9. The van der Waals surface area contributed by atoms with Crippen molar-refractivity contribution in [1.29, 1.82) is 0 Å². The maximum atomic E-state index is 12.9. The Kier molecular flexibility index (Phi) is 4.33. The van der Waals surface area contributed by atoms with E-state index in [0.717, 1.165) is 42.6 Å². The van der Waals surface area contributed by atoms with Crippen LogP contribution in [-0.4, -0.2) is 36.0 Å². The number of carbonyl (C=O) groups is 2. The quantitative estimate of drug-likeness (QED) is 0.888. The molecule has 5 heteroatoms. The number of nitrogens with zero attached hydrogens (tertiary/aromatic N) is 2. The van der Waals surface area contributed by atoms with Crippen LogP contribution >= 0.6 is 0 Å². The van der Waals surface area contributed by atoms with Gasteiger partial charge in [-0.3, -0.25) is 4.79 Å². The van der Waals surface area contributed by atoms with Crippen molar-refractivity contribution in [1.82, 2.24) is 10.2 Å². The second-order valence-corrected chi connectivity index (χ2v) is 9.06. The minimum Gasteiger partial charge on any atom is -0.334 e. The average Bonchev–Trinajstić information content (AvgIpc) is 2.99. The lowest BCUT2D eigenvalue weighted by molar-refractivity contribution is -0.117. The standard InChI is InChI=1S/C22H29N3O2/c26-21-5-2-6-24(21)19-4-1-3-15(10-19)13-23-22(27)25-14-18-8-16-7-17(9-18)12-20(25)11-16/h1,3-4,10,16-18,20H,2,5-9,11-14H2,(H,23,27). The van der Waals surface area contributed by atoms with Crippen LogP contribution in [0.3, 0.4) is 0 Å². The van der Waals surface area contributed by atoms with Gasteiger partial charge in [-0.25, -0.2) is 4.79 Å². The largest absolute Gasteiger partial charge is 0.334 e. The third-order valence-electron chi connectivity index (χ3n) is 7.11. The van der Waals surface area contributed by atoms with Gasteiger partial charge in [0.05, 0.1) is 0 Å². The van der Waals surface area contributed by atoms with Crippen LogP contribution in [-0.2, 0) is 11.3 Å². The highest BCUT2D eigenvalue weighted by atomic mass is 16.2. The smallest absolute Gasteiger partial charge is 0.317 e. The van der Waals surface area contributed by atoms with Crippen LogP contribution in [0.4, 0.5) is 10.5 Å². The first kappa shape index (κ1) is 17.1. The topological polar surface area (TPSA) is 52.7 Å². The molecular weight excluding hydrogens is 338 g/mol. The normalized spacial score (nSPS) is 32.1. The SMILES string of the molecule is O=C1CCCN1c1cccc(CNC(=O)N2CC3CC4CC(C3)CC2C4)c1. The average molecular weight is 367 g/mol. The summed E-state index contributed by atoms with van der Waals surface area (Å²) in [6.45, 7) is 2.26. The highest BCUT2D eigenvalue weighted by molar-refractivity contribution is 5.95. The number of amides is 3. The summed E-state index contributed by atoms with van der Waals surface area (Å²) in [6.07, 6.45) is 8.01. The van der Waals surface area contributed by atoms with Crippen molar-refractivity contribution in [3.05, 3.63) is 29.8 Å². The van der Waals surface area contributed by atoms with Crippen LogP contribution in [0.15, 0.2) is 24.3 Å². The van der Waals surface area contributed by atoms with Crippen molar-refractivity contribution < 1.29 is 9.59 Å². The third kappa shape index (κ3) is 3.32. The summed E-state index contributed by atoms with van der Waals surface area (Å²) in [5.74, 6) is 2.60. The summed E-state index contributed by atoms with van der Waals surface area (Å²) in [6, 6.07) is 8.57. The van der Waals surface area contributed by atoms with Crippen molar-refractivity contribution in [2.75, 3.05) is 18.0 Å². The van der Waals surface area contributed by atoms with Crippen molar-refractivity contribution in [3.8, 4) is 0 Å². The molecule has 3 saturated heterocycles. The first-order chi connectivity index (χ1) is 13.2. The zero-order valence-electron chi connectivity index (χ0n) is 15.9. The molecular formula is C22H29N3O2. The van der Waals surface area contributed by atoms with Crippen LogP contribution in [0, 0.1) is 17.8 Å². The van der Waals surface area contributed by atoms with E-state index in [0.29, 0.717) is 24.9 Å². The molecule has 27 heavy (non-hydrogen) atoms. The van der Waals surface area contributed by atoms with Gasteiger partial charge in [-0.1, -0.05) is 12.1 Å². The molecule has 5 aliphatic rings. The predicted octanol–water partition coefficient (Wildman–Crippen LogP) is 3.53. The maximum absolute atomic E-state index is 12.9. The zero-order valence-corrected chi connectivity index (χ0v) is 15.9. The molecule has 144 valence electrons. The van der Waals surface area contributed by atoms with Crippen molar-refractivity contribution in [2.45, 2.75) is 57.5 Å². The number of fused-ring (bicyclic) bond motifs is 1. The van der Waals surface area contributed by atoms with Gasteiger partial charge in [0, 0.05) is 37.8 Å². The lowest BCUT2D eigenvalue weighted by Crippen LogP contribution is -2.47. The number of rotatable bonds is 3. The molecule has 3 amide bonds. The van der Waals surface area contributed by atoms with Crippen LogP contribution in [0.2, 0.25) is 0 Å². The Morgan fingerprint density at radius 3 is 2.59 bits per heavy atom. The van der Waals surface area contributed by atoms with Crippen LogP contribution < -0.4 is 10.2 Å². The lowest BCUT2D eigenvalue weighted by atomic mass is 9.68. The molecule has 1 aromatic rings.